The van der Waals surface area contributed by atoms with Crippen LogP contribution in [0.5, 0.6) is 0 Å². The Hall–Kier alpha value is -6.91. The highest BCUT2D eigenvalue weighted by molar-refractivity contribution is 6.28. The van der Waals surface area contributed by atoms with E-state index in [0.717, 1.165) is 60.2 Å². The van der Waals surface area contributed by atoms with Crippen LogP contribution in [0.4, 0.5) is 0 Å². The Labute approximate surface area is 292 Å². The molecule has 0 fully saturated rings. The highest BCUT2D eigenvalue weighted by Crippen LogP contribution is 2.41. The summed E-state index contributed by atoms with van der Waals surface area (Å²) >= 11 is 0. The molecule has 0 radical (unpaired) electrons. The summed E-state index contributed by atoms with van der Waals surface area (Å²) in [6, 6.07) is 57.5. The molecule has 51 heavy (non-hydrogen) atoms. The number of nitrogens with zero attached hydrogens (tertiary/aromatic N) is 3. The first kappa shape index (κ1) is 28.0. The zero-order chi connectivity index (χ0) is 33.5. The van der Waals surface area contributed by atoms with Gasteiger partial charge in [0.05, 0.1) is 0 Å². The molecule has 0 unspecified atom stereocenters. The second-order valence-corrected chi connectivity index (χ2v) is 13.2. The van der Waals surface area contributed by atoms with Crippen LogP contribution in [0.3, 0.4) is 0 Å². The van der Waals surface area contributed by atoms with Crippen molar-refractivity contribution in [2.75, 3.05) is 0 Å². The molecule has 0 saturated heterocycles. The first-order chi connectivity index (χ1) is 25.2. The molecule has 0 aliphatic rings. The standard InChI is InChI=1S/C47H27N3O/c1-2-10-30(11-3-1)45-48-46(34-20-22-36-33(25-34)18-17-28-9-6-7-14-35(28)36)50-47(49-45)39-16-8-15-38-37(39)23-19-29-21-24-41-44(43(29)38)40-26-31-12-4-5-13-32(31)27-42(40)51-41/h1-27H. The Bertz CT molecular complexity index is 3200. The monoisotopic (exact) mass is 649 g/mol. The van der Waals surface area contributed by atoms with Crippen LogP contribution < -0.4 is 0 Å². The summed E-state index contributed by atoms with van der Waals surface area (Å²) < 4.78 is 6.48. The van der Waals surface area contributed by atoms with Gasteiger partial charge in [0.15, 0.2) is 17.5 Å². The lowest BCUT2D eigenvalue weighted by Gasteiger charge is -2.12. The lowest BCUT2D eigenvalue weighted by Crippen LogP contribution is -2.00. The Morgan fingerprint density at radius 1 is 0.314 bits per heavy atom. The molecule has 0 atom stereocenters. The SMILES string of the molecule is c1ccc(-c2nc(-c3ccc4c(ccc5ccccc54)c3)nc(-c3cccc4c3ccc3ccc5oc6cc7ccccc7cc6c5c34)n2)cc1. The zero-order valence-electron chi connectivity index (χ0n) is 27.3. The number of furan rings is 1. The average molecular weight is 650 g/mol. The van der Waals surface area contributed by atoms with E-state index >= 15 is 0 Å². The van der Waals surface area contributed by atoms with Crippen LogP contribution in [0, 0.1) is 0 Å². The summed E-state index contributed by atoms with van der Waals surface area (Å²) in [5, 5.41) is 14.0. The minimum Gasteiger partial charge on any atom is -0.456 e. The average Bonchev–Trinajstić information content (AvgIpc) is 3.57. The molecule has 0 aliphatic heterocycles. The van der Waals surface area contributed by atoms with Crippen molar-refractivity contribution >= 4 is 75.8 Å². The molecular formula is C47H27N3O. The van der Waals surface area contributed by atoms with Crippen molar-refractivity contribution in [1.82, 2.24) is 15.0 Å². The third kappa shape index (κ3) is 4.37. The molecule has 9 aromatic carbocycles. The predicted molar refractivity (Wildman–Crippen MR) is 211 cm³/mol. The van der Waals surface area contributed by atoms with Crippen LogP contribution in [-0.2, 0) is 0 Å². The van der Waals surface area contributed by atoms with Gasteiger partial charge in [-0.05, 0) is 72.7 Å². The molecule has 0 amide bonds. The van der Waals surface area contributed by atoms with Gasteiger partial charge < -0.3 is 4.42 Å². The fourth-order valence-electron chi connectivity index (χ4n) is 7.82. The van der Waals surface area contributed by atoms with Crippen molar-refractivity contribution in [2.24, 2.45) is 0 Å². The number of aromatic nitrogens is 3. The molecule has 2 aromatic heterocycles. The van der Waals surface area contributed by atoms with Gasteiger partial charge in [-0.3, -0.25) is 0 Å². The molecule has 0 N–H and O–H groups in total. The van der Waals surface area contributed by atoms with Crippen molar-refractivity contribution in [3.8, 4) is 34.2 Å². The third-order valence-corrected chi connectivity index (χ3v) is 10.3. The van der Waals surface area contributed by atoms with E-state index in [9.17, 15) is 0 Å². The van der Waals surface area contributed by atoms with Gasteiger partial charge in [-0.15, -0.1) is 0 Å². The van der Waals surface area contributed by atoms with E-state index in [1.165, 1.54) is 32.3 Å². The highest BCUT2D eigenvalue weighted by Gasteiger charge is 2.18. The van der Waals surface area contributed by atoms with Crippen LogP contribution in [0.2, 0.25) is 0 Å². The summed E-state index contributed by atoms with van der Waals surface area (Å²) in [5.41, 5.74) is 4.62. The Morgan fingerprint density at radius 3 is 1.84 bits per heavy atom. The van der Waals surface area contributed by atoms with Gasteiger partial charge >= 0.3 is 0 Å². The maximum Gasteiger partial charge on any atom is 0.164 e. The van der Waals surface area contributed by atoms with Gasteiger partial charge in [-0.25, -0.2) is 15.0 Å². The smallest absolute Gasteiger partial charge is 0.164 e. The molecule has 4 heteroatoms. The van der Waals surface area contributed by atoms with E-state index in [0.29, 0.717) is 17.5 Å². The number of hydrogen-bond acceptors (Lipinski definition) is 4. The zero-order valence-corrected chi connectivity index (χ0v) is 27.3. The minimum absolute atomic E-state index is 0.637. The van der Waals surface area contributed by atoms with E-state index in [1.807, 2.05) is 18.2 Å². The summed E-state index contributed by atoms with van der Waals surface area (Å²) in [4.78, 5) is 15.4. The molecule has 236 valence electrons. The van der Waals surface area contributed by atoms with E-state index in [1.54, 1.807) is 0 Å². The second kappa shape index (κ2) is 10.8. The molecule has 0 aliphatic carbocycles. The molecule has 0 spiro atoms. The van der Waals surface area contributed by atoms with Gasteiger partial charge in [0.1, 0.15) is 11.2 Å². The quantitative estimate of drug-likeness (QED) is 0.179. The second-order valence-electron chi connectivity index (χ2n) is 13.2. The lowest BCUT2D eigenvalue weighted by molar-refractivity contribution is 0.670. The minimum atomic E-state index is 0.637. The van der Waals surface area contributed by atoms with Gasteiger partial charge in [0.2, 0.25) is 0 Å². The van der Waals surface area contributed by atoms with Gasteiger partial charge in [0, 0.05) is 32.8 Å². The summed E-state index contributed by atoms with van der Waals surface area (Å²) in [7, 11) is 0. The van der Waals surface area contributed by atoms with E-state index in [4.69, 9.17) is 19.4 Å². The number of fused-ring (bicyclic) bond motifs is 11. The molecule has 0 bridgehead atoms. The number of rotatable bonds is 3. The summed E-state index contributed by atoms with van der Waals surface area (Å²) in [6.45, 7) is 0. The Kier molecular flexibility index (Phi) is 5.92. The van der Waals surface area contributed by atoms with Crippen molar-refractivity contribution < 1.29 is 4.42 Å². The van der Waals surface area contributed by atoms with Gasteiger partial charge in [-0.1, -0.05) is 140 Å². The van der Waals surface area contributed by atoms with Crippen LogP contribution >= 0.6 is 0 Å². The van der Waals surface area contributed by atoms with Crippen LogP contribution in [-0.4, -0.2) is 15.0 Å². The molecule has 4 nitrogen and oxygen atoms in total. The molecule has 11 aromatic rings. The summed E-state index contributed by atoms with van der Waals surface area (Å²) in [5.74, 6) is 1.92. The number of benzene rings is 9. The van der Waals surface area contributed by atoms with E-state index in [2.05, 4.69) is 146 Å². The Morgan fingerprint density at radius 2 is 0.961 bits per heavy atom. The Balaban J connectivity index is 1.16. The van der Waals surface area contributed by atoms with Crippen LogP contribution in [0.25, 0.3) is 110 Å². The van der Waals surface area contributed by atoms with Crippen molar-refractivity contribution in [3.05, 3.63) is 164 Å². The lowest BCUT2D eigenvalue weighted by atomic mass is 9.94. The topological polar surface area (TPSA) is 51.8 Å². The fraction of sp³-hybridized carbons (Fsp3) is 0. The largest absolute Gasteiger partial charge is 0.456 e. The summed E-state index contributed by atoms with van der Waals surface area (Å²) in [6.07, 6.45) is 0. The number of hydrogen-bond donors (Lipinski definition) is 0. The van der Waals surface area contributed by atoms with Crippen molar-refractivity contribution in [3.63, 3.8) is 0 Å². The molecule has 0 saturated carbocycles. The fourth-order valence-corrected chi connectivity index (χ4v) is 7.82. The van der Waals surface area contributed by atoms with E-state index in [-0.39, 0.29) is 0 Å². The van der Waals surface area contributed by atoms with Crippen molar-refractivity contribution in [1.29, 1.82) is 0 Å². The third-order valence-electron chi connectivity index (χ3n) is 10.3. The first-order valence-corrected chi connectivity index (χ1v) is 17.2. The molecular weight excluding hydrogens is 623 g/mol. The molecule has 2 heterocycles. The normalized spacial score (nSPS) is 11.9. The molecule has 11 rings (SSSR count). The first-order valence-electron chi connectivity index (χ1n) is 17.2. The highest BCUT2D eigenvalue weighted by atomic mass is 16.3. The predicted octanol–water partition coefficient (Wildman–Crippen LogP) is 12.5. The van der Waals surface area contributed by atoms with Crippen molar-refractivity contribution in [2.45, 2.75) is 0 Å². The van der Waals surface area contributed by atoms with Crippen LogP contribution in [0.15, 0.2) is 168 Å². The maximum absolute atomic E-state index is 6.48. The van der Waals surface area contributed by atoms with Gasteiger partial charge in [-0.2, -0.15) is 0 Å². The maximum atomic E-state index is 6.48. The van der Waals surface area contributed by atoms with E-state index < -0.39 is 0 Å². The van der Waals surface area contributed by atoms with Crippen LogP contribution in [0.1, 0.15) is 0 Å². The van der Waals surface area contributed by atoms with Gasteiger partial charge in [0.25, 0.3) is 0 Å².